The average Bonchev–Trinajstić information content (AvgIpc) is 2.82. The summed E-state index contributed by atoms with van der Waals surface area (Å²) < 4.78 is 288. The maximum Gasteiger partial charge on any atom is 0.460 e. The molecule has 1 aliphatic carbocycles. The molecule has 0 aliphatic heterocycles. The Balaban J connectivity index is 3.56. The summed E-state index contributed by atoms with van der Waals surface area (Å²) in [5.41, 5.74) is 0. The summed E-state index contributed by atoms with van der Waals surface area (Å²) in [6.07, 6.45) is -10.0. The zero-order chi connectivity index (χ0) is 33.8. The van der Waals surface area contributed by atoms with Gasteiger partial charge in [-0.2, -0.15) is 92.2 Å². The fourth-order valence-electron chi connectivity index (χ4n) is 3.60. The fraction of sp³-hybridized carbons (Fsp3) is 0.800. The number of allylic oxidation sites excluding steroid dienone is 2. The van der Waals surface area contributed by atoms with E-state index >= 15 is 0 Å². The van der Waals surface area contributed by atoms with Gasteiger partial charge >= 0.3 is 59.5 Å². The van der Waals surface area contributed by atoms with Crippen LogP contribution in [0.25, 0.3) is 0 Å². The SMILES string of the molecule is C=CC=COC1CCC(C(F)(F)C(F)(F)C(F)(F)C(F)(F)C(F)(F)C(F)(F)C(F)(F)C(F)(F)C(F)(F)C(F)(F)F)CC1. The first-order chi connectivity index (χ1) is 18.3. The molecule has 22 heteroatoms. The minimum atomic E-state index is -9.16. The highest BCUT2D eigenvalue weighted by atomic mass is 19.4. The lowest BCUT2D eigenvalue weighted by Crippen LogP contribution is -2.77. The average molecular weight is 670 g/mol. The molecule has 0 unspecified atom stereocenters. The van der Waals surface area contributed by atoms with E-state index in [9.17, 15) is 92.2 Å². The Kier molecular flexibility index (Phi) is 9.69. The highest BCUT2D eigenvalue weighted by Gasteiger charge is 2.98. The molecular formula is C20H15F21O. The lowest BCUT2D eigenvalue weighted by atomic mass is 9.78. The Bertz CT molecular complexity index is 984. The van der Waals surface area contributed by atoms with Gasteiger partial charge in [-0.25, -0.2) is 0 Å². The molecule has 1 fully saturated rings. The Morgan fingerprint density at radius 3 is 1.07 bits per heavy atom. The summed E-state index contributed by atoms with van der Waals surface area (Å²) in [4.78, 5) is 0. The Labute approximate surface area is 220 Å². The molecule has 0 atom stereocenters. The lowest BCUT2D eigenvalue weighted by Gasteiger charge is -2.45. The molecule has 0 N–H and O–H groups in total. The van der Waals surface area contributed by atoms with Crippen molar-refractivity contribution >= 4 is 0 Å². The third kappa shape index (κ3) is 5.14. The summed E-state index contributed by atoms with van der Waals surface area (Å²) in [5.74, 6) is -79.8. The lowest BCUT2D eigenvalue weighted by molar-refractivity contribution is -0.475. The van der Waals surface area contributed by atoms with Crippen molar-refractivity contribution in [1.29, 1.82) is 0 Å². The summed E-state index contributed by atoms with van der Waals surface area (Å²) >= 11 is 0. The smallest absolute Gasteiger partial charge is 0.460 e. The standard InChI is InChI=1S/C20H15F21O/c1-2-3-8-42-10-6-4-9(5-7-10)11(21,22)12(23,24)13(25,26)14(27,28)15(29,30)16(31,32)17(33,34)18(35,36)19(37,38)20(39,40)41/h2-3,8-10H,1,4-7H2. The molecule has 0 radical (unpaired) electrons. The monoisotopic (exact) mass is 670 g/mol. The van der Waals surface area contributed by atoms with Crippen molar-refractivity contribution < 1.29 is 96.9 Å². The minimum Gasteiger partial charge on any atom is -0.498 e. The summed E-state index contributed by atoms with van der Waals surface area (Å²) in [5, 5.41) is 0. The van der Waals surface area contributed by atoms with Crippen LogP contribution in [-0.2, 0) is 4.74 Å². The van der Waals surface area contributed by atoms with Gasteiger partial charge in [-0.15, -0.1) is 0 Å². The van der Waals surface area contributed by atoms with Crippen molar-refractivity contribution in [2.24, 2.45) is 5.92 Å². The van der Waals surface area contributed by atoms with E-state index in [0.717, 1.165) is 18.4 Å². The fourth-order valence-corrected chi connectivity index (χ4v) is 3.60. The molecule has 0 aromatic heterocycles. The molecule has 0 amide bonds. The molecule has 0 spiro atoms. The van der Waals surface area contributed by atoms with E-state index in [0.29, 0.717) is 0 Å². The first kappa shape index (κ1) is 37.8. The Morgan fingerprint density at radius 1 is 0.452 bits per heavy atom. The summed E-state index contributed by atoms with van der Waals surface area (Å²) in [7, 11) is 0. The van der Waals surface area contributed by atoms with Gasteiger partial charge in [-0.3, -0.25) is 0 Å². The van der Waals surface area contributed by atoms with Crippen molar-refractivity contribution in [2.75, 3.05) is 0 Å². The van der Waals surface area contributed by atoms with Crippen LogP contribution < -0.4 is 0 Å². The normalized spacial score (nSPS) is 21.5. The highest BCUT2D eigenvalue weighted by molar-refractivity contribution is 5.18. The van der Waals surface area contributed by atoms with Gasteiger partial charge in [0.05, 0.1) is 12.4 Å². The molecule has 0 bridgehead atoms. The van der Waals surface area contributed by atoms with E-state index in [1.54, 1.807) is 0 Å². The highest BCUT2D eigenvalue weighted by Crippen LogP contribution is 2.67. The summed E-state index contributed by atoms with van der Waals surface area (Å²) in [6, 6.07) is 0. The zero-order valence-electron chi connectivity index (χ0n) is 19.8. The number of rotatable bonds is 12. The predicted molar refractivity (Wildman–Crippen MR) is 96.7 cm³/mol. The van der Waals surface area contributed by atoms with Crippen LogP contribution in [0.3, 0.4) is 0 Å². The molecule has 0 saturated heterocycles. The third-order valence-corrected chi connectivity index (χ3v) is 6.21. The van der Waals surface area contributed by atoms with Crippen LogP contribution in [-0.4, -0.2) is 65.6 Å². The second kappa shape index (κ2) is 10.8. The maximum absolute atomic E-state index is 14.4. The zero-order valence-corrected chi connectivity index (χ0v) is 19.8. The van der Waals surface area contributed by atoms with E-state index < -0.39 is 97.2 Å². The predicted octanol–water partition coefficient (Wildman–Crippen LogP) is 9.54. The molecule has 1 aliphatic rings. The number of ether oxygens (including phenoxy) is 1. The van der Waals surface area contributed by atoms with Crippen molar-refractivity contribution in [3.63, 3.8) is 0 Å². The molecule has 1 rings (SSSR count). The second-order valence-corrected chi connectivity index (χ2v) is 8.89. The summed E-state index contributed by atoms with van der Waals surface area (Å²) in [6.45, 7) is 3.20. The van der Waals surface area contributed by atoms with Crippen LogP contribution in [0.2, 0.25) is 0 Å². The molecule has 1 nitrogen and oxygen atoms in total. The van der Waals surface area contributed by atoms with Gasteiger partial charge in [0.2, 0.25) is 0 Å². The molecular weight excluding hydrogens is 655 g/mol. The topological polar surface area (TPSA) is 9.23 Å². The molecule has 0 heterocycles. The van der Waals surface area contributed by atoms with Gasteiger partial charge in [0.1, 0.15) is 0 Å². The van der Waals surface area contributed by atoms with Crippen LogP contribution in [0.1, 0.15) is 25.7 Å². The van der Waals surface area contributed by atoms with E-state index in [1.807, 2.05) is 0 Å². The van der Waals surface area contributed by atoms with E-state index in [4.69, 9.17) is 4.74 Å². The first-order valence-electron chi connectivity index (χ1n) is 10.7. The van der Waals surface area contributed by atoms with Crippen LogP contribution >= 0.6 is 0 Å². The first-order valence-corrected chi connectivity index (χ1v) is 10.7. The van der Waals surface area contributed by atoms with Gasteiger partial charge in [0.15, 0.2) is 0 Å². The van der Waals surface area contributed by atoms with Gasteiger partial charge < -0.3 is 4.74 Å². The van der Waals surface area contributed by atoms with E-state index in [1.165, 1.54) is 0 Å². The molecule has 0 aromatic rings. The van der Waals surface area contributed by atoms with Gasteiger partial charge in [0.25, 0.3) is 0 Å². The minimum absolute atomic E-state index is 0.720. The Hall–Kier alpha value is -2.19. The van der Waals surface area contributed by atoms with Crippen LogP contribution in [0.4, 0.5) is 92.2 Å². The van der Waals surface area contributed by atoms with Crippen molar-refractivity contribution in [1.82, 2.24) is 0 Å². The maximum atomic E-state index is 14.4. The van der Waals surface area contributed by atoms with Gasteiger partial charge in [-0.1, -0.05) is 12.7 Å². The quantitative estimate of drug-likeness (QED) is 0.114. The van der Waals surface area contributed by atoms with Gasteiger partial charge in [-0.05, 0) is 31.8 Å². The molecule has 248 valence electrons. The van der Waals surface area contributed by atoms with E-state index in [2.05, 4.69) is 6.58 Å². The van der Waals surface area contributed by atoms with Crippen molar-refractivity contribution in [3.05, 3.63) is 25.0 Å². The second-order valence-electron chi connectivity index (χ2n) is 8.89. The molecule has 1 saturated carbocycles. The molecule has 42 heavy (non-hydrogen) atoms. The molecule has 0 aromatic carbocycles. The third-order valence-electron chi connectivity index (χ3n) is 6.21. The number of alkyl halides is 21. The van der Waals surface area contributed by atoms with Crippen LogP contribution in [0.15, 0.2) is 25.0 Å². The largest absolute Gasteiger partial charge is 0.498 e. The van der Waals surface area contributed by atoms with E-state index in [-0.39, 0.29) is 0 Å². The van der Waals surface area contributed by atoms with Gasteiger partial charge in [0, 0.05) is 5.92 Å². The van der Waals surface area contributed by atoms with Crippen LogP contribution in [0.5, 0.6) is 0 Å². The van der Waals surface area contributed by atoms with Crippen LogP contribution in [0, 0.1) is 5.92 Å². The van der Waals surface area contributed by atoms with Crippen molar-refractivity contribution in [3.8, 4) is 0 Å². The number of hydrogen-bond donors (Lipinski definition) is 0. The number of hydrogen-bond acceptors (Lipinski definition) is 1. The number of halogens is 21. The van der Waals surface area contributed by atoms with Crippen molar-refractivity contribution in [2.45, 2.75) is 91.3 Å². The Morgan fingerprint density at radius 2 is 0.762 bits per heavy atom.